The monoisotopic (exact) mass is 378 g/mol. The normalized spacial score (nSPS) is 14.1. The van der Waals surface area contributed by atoms with Gasteiger partial charge in [-0.15, -0.1) is 0 Å². The van der Waals surface area contributed by atoms with E-state index in [1.165, 1.54) is 11.7 Å². The second kappa shape index (κ2) is 7.98. The Hall–Kier alpha value is -2.23. The van der Waals surface area contributed by atoms with Crippen LogP contribution >= 0.6 is 11.3 Å². The SMILES string of the molecule is COCCn1c(N)c(C(=O)CN(Cc2ccsc2)C2CC2)c(=O)[nH]c1=O. The number of carbonyl (C=O) groups excluding carboxylic acids is 1. The van der Waals surface area contributed by atoms with Crippen molar-refractivity contribution in [3.63, 3.8) is 0 Å². The Bertz CT molecular complexity index is 883. The molecule has 9 heteroatoms. The number of anilines is 1. The summed E-state index contributed by atoms with van der Waals surface area (Å²) in [6.45, 7) is 1.16. The predicted molar refractivity (Wildman–Crippen MR) is 99.7 cm³/mol. The first kappa shape index (κ1) is 18.6. The molecule has 3 rings (SSSR count). The summed E-state index contributed by atoms with van der Waals surface area (Å²) >= 11 is 1.61. The molecule has 26 heavy (non-hydrogen) atoms. The van der Waals surface area contributed by atoms with E-state index < -0.39 is 11.2 Å². The van der Waals surface area contributed by atoms with Crippen LogP contribution in [0.2, 0.25) is 0 Å². The summed E-state index contributed by atoms with van der Waals surface area (Å²) in [5.41, 5.74) is 5.59. The number of rotatable bonds is 9. The van der Waals surface area contributed by atoms with Crippen LogP contribution in [0.3, 0.4) is 0 Å². The van der Waals surface area contributed by atoms with E-state index in [0.717, 1.165) is 18.4 Å². The first-order valence-corrected chi connectivity index (χ1v) is 9.35. The molecule has 0 spiro atoms. The van der Waals surface area contributed by atoms with Crippen LogP contribution in [0.15, 0.2) is 26.4 Å². The number of aromatic amines is 1. The lowest BCUT2D eigenvalue weighted by Gasteiger charge is -2.21. The Kier molecular flexibility index (Phi) is 5.70. The van der Waals surface area contributed by atoms with E-state index in [-0.39, 0.29) is 36.9 Å². The Morgan fingerprint density at radius 2 is 2.23 bits per heavy atom. The van der Waals surface area contributed by atoms with Gasteiger partial charge in [0.05, 0.1) is 19.7 Å². The summed E-state index contributed by atoms with van der Waals surface area (Å²) in [5.74, 6) is -0.482. The maximum Gasteiger partial charge on any atom is 0.330 e. The van der Waals surface area contributed by atoms with Crippen LogP contribution in [0.1, 0.15) is 28.8 Å². The second-order valence-corrected chi connectivity index (χ2v) is 7.13. The van der Waals surface area contributed by atoms with Crippen molar-refractivity contribution in [2.45, 2.75) is 32.0 Å². The summed E-state index contributed by atoms with van der Waals surface area (Å²) < 4.78 is 6.12. The molecule has 0 aliphatic heterocycles. The summed E-state index contributed by atoms with van der Waals surface area (Å²) in [6.07, 6.45) is 2.08. The molecule has 0 radical (unpaired) electrons. The van der Waals surface area contributed by atoms with E-state index in [2.05, 4.69) is 9.88 Å². The third-order valence-electron chi connectivity index (χ3n) is 4.41. The largest absolute Gasteiger partial charge is 0.384 e. The fraction of sp³-hybridized carbons (Fsp3) is 0.471. The smallest absolute Gasteiger partial charge is 0.330 e. The van der Waals surface area contributed by atoms with Gasteiger partial charge in [-0.3, -0.25) is 24.0 Å². The van der Waals surface area contributed by atoms with E-state index in [4.69, 9.17) is 10.5 Å². The number of nitrogen functional groups attached to an aromatic ring is 1. The quantitative estimate of drug-likeness (QED) is 0.621. The molecule has 140 valence electrons. The number of nitrogens with one attached hydrogen (secondary N) is 1. The Morgan fingerprint density at radius 3 is 2.85 bits per heavy atom. The van der Waals surface area contributed by atoms with Crippen LogP contribution in [0.5, 0.6) is 0 Å². The molecule has 1 fully saturated rings. The Morgan fingerprint density at radius 1 is 1.46 bits per heavy atom. The molecule has 0 amide bonds. The van der Waals surface area contributed by atoms with Crippen LogP contribution in [0.25, 0.3) is 0 Å². The van der Waals surface area contributed by atoms with Gasteiger partial charge in [0.2, 0.25) is 0 Å². The first-order valence-electron chi connectivity index (χ1n) is 8.41. The van der Waals surface area contributed by atoms with E-state index >= 15 is 0 Å². The van der Waals surface area contributed by atoms with Crippen molar-refractivity contribution in [1.82, 2.24) is 14.5 Å². The van der Waals surface area contributed by atoms with Gasteiger partial charge >= 0.3 is 5.69 Å². The molecule has 3 N–H and O–H groups in total. The number of ether oxygens (including phenoxy) is 1. The first-order chi connectivity index (χ1) is 12.5. The van der Waals surface area contributed by atoms with Crippen LogP contribution < -0.4 is 17.0 Å². The minimum Gasteiger partial charge on any atom is -0.384 e. The van der Waals surface area contributed by atoms with E-state index in [1.807, 2.05) is 16.8 Å². The zero-order chi connectivity index (χ0) is 18.7. The summed E-state index contributed by atoms with van der Waals surface area (Å²) in [6, 6.07) is 2.37. The van der Waals surface area contributed by atoms with E-state index in [9.17, 15) is 14.4 Å². The molecule has 0 atom stereocenters. The molecule has 8 nitrogen and oxygen atoms in total. The molecular formula is C17H22N4O4S. The van der Waals surface area contributed by atoms with Gasteiger partial charge in [0.25, 0.3) is 5.56 Å². The molecule has 1 aliphatic carbocycles. The van der Waals surface area contributed by atoms with Gasteiger partial charge in [-0.25, -0.2) is 4.79 Å². The van der Waals surface area contributed by atoms with Crippen molar-refractivity contribution in [3.8, 4) is 0 Å². The Balaban J connectivity index is 1.84. The lowest BCUT2D eigenvalue weighted by Crippen LogP contribution is -2.40. The molecule has 2 aromatic rings. The van der Waals surface area contributed by atoms with Crippen molar-refractivity contribution >= 4 is 22.9 Å². The number of H-pyrrole nitrogens is 1. The van der Waals surface area contributed by atoms with Gasteiger partial charge in [0.15, 0.2) is 5.78 Å². The van der Waals surface area contributed by atoms with Crippen molar-refractivity contribution in [3.05, 3.63) is 48.8 Å². The number of nitrogens with zero attached hydrogens (tertiary/aromatic N) is 2. The minimum atomic E-state index is -0.738. The van der Waals surface area contributed by atoms with Crippen molar-refractivity contribution in [1.29, 1.82) is 0 Å². The van der Waals surface area contributed by atoms with Gasteiger partial charge in [-0.1, -0.05) is 0 Å². The molecule has 0 aromatic carbocycles. The maximum absolute atomic E-state index is 12.8. The zero-order valence-corrected chi connectivity index (χ0v) is 15.4. The fourth-order valence-electron chi connectivity index (χ4n) is 2.90. The molecule has 2 heterocycles. The number of thiophene rings is 1. The van der Waals surface area contributed by atoms with Crippen LogP contribution in [0, 0.1) is 0 Å². The number of aromatic nitrogens is 2. The number of nitrogens with two attached hydrogens (primary N) is 1. The van der Waals surface area contributed by atoms with Gasteiger partial charge in [0.1, 0.15) is 11.4 Å². The number of hydrogen-bond acceptors (Lipinski definition) is 7. The van der Waals surface area contributed by atoms with E-state index in [0.29, 0.717) is 12.6 Å². The standard InChI is InChI=1S/C17H22N4O4S/c1-25-6-5-21-15(18)14(16(23)19-17(21)24)13(22)9-20(12-2-3-12)8-11-4-7-26-10-11/h4,7,10,12H,2-3,5-6,8-9,18H2,1H3,(H,19,23,24). The maximum atomic E-state index is 12.8. The highest BCUT2D eigenvalue weighted by molar-refractivity contribution is 7.07. The summed E-state index contributed by atoms with van der Waals surface area (Å²) in [7, 11) is 1.50. The van der Waals surface area contributed by atoms with Gasteiger partial charge in [-0.2, -0.15) is 11.3 Å². The molecule has 0 saturated heterocycles. The summed E-state index contributed by atoms with van der Waals surface area (Å²) in [5, 5.41) is 4.04. The minimum absolute atomic E-state index is 0.0935. The average molecular weight is 378 g/mol. The highest BCUT2D eigenvalue weighted by atomic mass is 32.1. The topological polar surface area (TPSA) is 110 Å². The zero-order valence-electron chi connectivity index (χ0n) is 14.6. The third-order valence-corrected chi connectivity index (χ3v) is 5.15. The van der Waals surface area contributed by atoms with E-state index in [1.54, 1.807) is 11.3 Å². The number of hydrogen-bond donors (Lipinski definition) is 2. The molecule has 0 bridgehead atoms. The van der Waals surface area contributed by atoms with Crippen LogP contribution in [-0.4, -0.2) is 46.5 Å². The van der Waals surface area contributed by atoms with Crippen molar-refractivity contribution < 1.29 is 9.53 Å². The number of carbonyl (C=O) groups is 1. The fourth-order valence-corrected chi connectivity index (χ4v) is 3.56. The third kappa shape index (κ3) is 4.12. The number of ketones is 1. The average Bonchev–Trinajstić information content (AvgIpc) is 3.31. The molecular weight excluding hydrogens is 356 g/mol. The van der Waals surface area contributed by atoms with Crippen molar-refractivity contribution in [2.24, 2.45) is 0 Å². The van der Waals surface area contributed by atoms with Crippen LogP contribution in [0.4, 0.5) is 5.82 Å². The molecule has 1 aliphatic rings. The molecule has 1 saturated carbocycles. The second-order valence-electron chi connectivity index (χ2n) is 6.35. The summed E-state index contributed by atoms with van der Waals surface area (Å²) in [4.78, 5) is 41.2. The van der Waals surface area contributed by atoms with Gasteiger partial charge in [-0.05, 0) is 35.2 Å². The number of methoxy groups -OCH3 is 1. The Labute approximate surface area is 154 Å². The molecule has 0 unspecified atom stereocenters. The molecule has 2 aromatic heterocycles. The van der Waals surface area contributed by atoms with Gasteiger partial charge < -0.3 is 10.5 Å². The predicted octanol–water partition coefficient (Wildman–Crippen LogP) is 0.674. The van der Waals surface area contributed by atoms with Gasteiger partial charge in [0, 0.05) is 19.7 Å². The van der Waals surface area contributed by atoms with Crippen molar-refractivity contribution in [2.75, 3.05) is 26.0 Å². The lowest BCUT2D eigenvalue weighted by atomic mass is 10.1. The lowest BCUT2D eigenvalue weighted by molar-refractivity contribution is 0.0917. The number of Topliss-reactive ketones (excluding diaryl/α,β-unsaturated/α-hetero) is 1. The highest BCUT2D eigenvalue weighted by Gasteiger charge is 2.32. The highest BCUT2D eigenvalue weighted by Crippen LogP contribution is 2.29. The van der Waals surface area contributed by atoms with Crippen LogP contribution in [-0.2, 0) is 17.8 Å².